The summed E-state index contributed by atoms with van der Waals surface area (Å²) in [5.41, 5.74) is 0.394. The van der Waals surface area contributed by atoms with Crippen LogP contribution in [0.5, 0.6) is 0 Å². The van der Waals surface area contributed by atoms with Gasteiger partial charge in [-0.25, -0.2) is 8.42 Å². The van der Waals surface area contributed by atoms with Crippen LogP contribution in [-0.4, -0.2) is 37.8 Å². The molecule has 1 aromatic carbocycles. The van der Waals surface area contributed by atoms with Crippen LogP contribution in [0.15, 0.2) is 29.2 Å². The van der Waals surface area contributed by atoms with Crippen LogP contribution in [0, 0.1) is 0 Å². The zero-order valence-corrected chi connectivity index (χ0v) is 14.7. The van der Waals surface area contributed by atoms with Gasteiger partial charge >= 0.3 is 0 Å². The third kappa shape index (κ3) is 4.54. The molecule has 1 aromatic rings. The van der Waals surface area contributed by atoms with Crippen LogP contribution < -0.4 is 5.32 Å². The first kappa shape index (κ1) is 17.9. The average Bonchev–Trinajstić information content (AvgIpc) is 2.56. The average molecular weight is 338 g/mol. The molecule has 23 heavy (non-hydrogen) atoms. The molecule has 0 spiro atoms. The van der Waals surface area contributed by atoms with Crippen molar-refractivity contribution in [3.8, 4) is 0 Å². The Kier molecular flexibility index (Phi) is 6.18. The Balaban J connectivity index is 2.17. The molecular weight excluding hydrogens is 312 g/mol. The van der Waals surface area contributed by atoms with Crippen molar-refractivity contribution in [2.24, 2.45) is 0 Å². The molecule has 128 valence electrons. The second kappa shape index (κ2) is 7.93. The molecule has 0 aromatic heterocycles. The number of benzene rings is 1. The highest BCUT2D eigenvalue weighted by atomic mass is 32.2. The van der Waals surface area contributed by atoms with Gasteiger partial charge < -0.3 is 5.32 Å². The quantitative estimate of drug-likeness (QED) is 0.867. The van der Waals surface area contributed by atoms with Gasteiger partial charge in [0.05, 0.1) is 4.90 Å². The van der Waals surface area contributed by atoms with E-state index in [-0.39, 0.29) is 16.8 Å². The van der Waals surface area contributed by atoms with E-state index in [1.54, 1.807) is 18.2 Å². The van der Waals surface area contributed by atoms with Crippen LogP contribution in [0.25, 0.3) is 0 Å². The Hall–Kier alpha value is -1.40. The first-order valence-electron chi connectivity index (χ1n) is 8.36. The van der Waals surface area contributed by atoms with E-state index in [1.807, 2.05) is 6.92 Å². The lowest BCUT2D eigenvalue weighted by Gasteiger charge is -2.26. The number of rotatable bonds is 6. The summed E-state index contributed by atoms with van der Waals surface area (Å²) in [6.45, 7) is 5.14. The lowest BCUT2D eigenvalue weighted by molar-refractivity contribution is 0.0938. The minimum Gasteiger partial charge on any atom is -0.350 e. The van der Waals surface area contributed by atoms with Gasteiger partial charge in [0.2, 0.25) is 10.0 Å². The molecule has 1 N–H and O–H groups in total. The second-order valence-electron chi connectivity index (χ2n) is 6.16. The third-order valence-electron chi connectivity index (χ3n) is 4.15. The van der Waals surface area contributed by atoms with Crippen molar-refractivity contribution < 1.29 is 13.2 Å². The highest BCUT2D eigenvalue weighted by Crippen LogP contribution is 2.21. The van der Waals surface area contributed by atoms with Gasteiger partial charge in [-0.2, -0.15) is 4.31 Å². The van der Waals surface area contributed by atoms with Crippen LogP contribution in [0.3, 0.4) is 0 Å². The molecule has 1 amide bonds. The van der Waals surface area contributed by atoms with Gasteiger partial charge in [0.15, 0.2) is 0 Å². The Morgan fingerprint density at radius 3 is 2.61 bits per heavy atom. The minimum absolute atomic E-state index is 0.0786. The van der Waals surface area contributed by atoms with Crippen molar-refractivity contribution in [1.82, 2.24) is 9.62 Å². The number of amides is 1. The normalized spacial score (nSPS) is 17.7. The van der Waals surface area contributed by atoms with Crippen molar-refractivity contribution in [1.29, 1.82) is 0 Å². The van der Waals surface area contributed by atoms with E-state index in [9.17, 15) is 13.2 Å². The third-order valence-corrected chi connectivity index (χ3v) is 6.04. The summed E-state index contributed by atoms with van der Waals surface area (Å²) in [5.74, 6) is -0.221. The van der Waals surface area contributed by atoms with Gasteiger partial charge in [0, 0.05) is 24.7 Å². The fraction of sp³-hybridized carbons (Fsp3) is 0.588. The first-order valence-corrected chi connectivity index (χ1v) is 9.80. The van der Waals surface area contributed by atoms with Gasteiger partial charge in [-0.3, -0.25) is 4.79 Å². The van der Waals surface area contributed by atoms with Gasteiger partial charge in [-0.15, -0.1) is 0 Å². The fourth-order valence-electron chi connectivity index (χ4n) is 2.86. The van der Waals surface area contributed by atoms with E-state index in [2.05, 4.69) is 12.2 Å². The maximum absolute atomic E-state index is 12.7. The number of nitrogens with zero attached hydrogens (tertiary/aromatic N) is 1. The minimum atomic E-state index is -3.50. The lowest BCUT2D eigenvalue weighted by Crippen LogP contribution is -2.36. The predicted octanol–water partition coefficient (Wildman–Crippen LogP) is 2.78. The van der Waals surface area contributed by atoms with Crippen LogP contribution in [0.2, 0.25) is 0 Å². The summed E-state index contributed by atoms with van der Waals surface area (Å²) in [4.78, 5) is 12.5. The lowest BCUT2D eigenvalue weighted by atomic mass is 10.1. The number of hydrogen-bond acceptors (Lipinski definition) is 3. The molecular formula is C17H26N2O3S. The summed E-state index contributed by atoms with van der Waals surface area (Å²) in [5, 5.41) is 2.91. The van der Waals surface area contributed by atoms with E-state index in [1.165, 1.54) is 10.4 Å². The standard InChI is InChI=1S/C17H26N2O3S/c1-3-8-14(2)18-17(20)15-9-7-10-16(13-15)23(21,22)19-11-5-4-6-12-19/h7,9-10,13-14H,3-6,8,11-12H2,1-2H3,(H,18,20)/t14-/m1/s1. The van der Waals surface area contributed by atoms with Crippen molar-refractivity contribution in [2.75, 3.05) is 13.1 Å². The highest BCUT2D eigenvalue weighted by Gasteiger charge is 2.26. The van der Waals surface area contributed by atoms with E-state index in [0.717, 1.165) is 32.1 Å². The Morgan fingerprint density at radius 2 is 1.96 bits per heavy atom. The molecule has 1 saturated heterocycles. The number of sulfonamides is 1. The molecule has 1 aliphatic rings. The smallest absolute Gasteiger partial charge is 0.251 e. The Morgan fingerprint density at radius 1 is 1.26 bits per heavy atom. The number of hydrogen-bond donors (Lipinski definition) is 1. The molecule has 1 atom stereocenters. The molecule has 1 heterocycles. The largest absolute Gasteiger partial charge is 0.350 e. The van der Waals surface area contributed by atoms with E-state index < -0.39 is 10.0 Å². The van der Waals surface area contributed by atoms with Crippen molar-refractivity contribution in [3.63, 3.8) is 0 Å². The van der Waals surface area contributed by atoms with E-state index >= 15 is 0 Å². The van der Waals surface area contributed by atoms with Crippen LogP contribution in [0.4, 0.5) is 0 Å². The topological polar surface area (TPSA) is 66.5 Å². The Bertz CT molecular complexity index is 637. The van der Waals surface area contributed by atoms with Crippen LogP contribution in [0.1, 0.15) is 56.3 Å². The maximum Gasteiger partial charge on any atom is 0.251 e. The van der Waals surface area contributed by atoms with Crippen molar-refractivity contribution in [2.45, 2.75) is 56.9 Å². The van der Waals surface area contributed by atoms with Crippen molar-refractivity contribution in [3.05, 3.63) is 29.8 Å². The molecule has 6 heteroatoms. The highest BCUT2D eigenvalue weighted by molar-refractivity contribution is 7.89. The van der Waals surface area contributed by atoms with Crippen LogP contribution >= 0.6 is 0 Å². The number of carbonyl (C=O) groups is 1. The summed E-state index contributed by atoms with van der Waals surface area (Å²) in [6.07, 6.45) is 4.76. The van der Waals surface area contributed by atoms with Gasteiger partial charge in [-0.1, -0.05) is 25.8 Å². The number of piperidine rings is 1. The maximum atomic E-state index is 12.7. The molecule has 0 radical (unpaired) electrons. The molecule has 2 rings (SSSR count). The molecule has 0 aliphatic carbocycles. The van der Waals surface area contributed by atoms with Crippen molar-refractivity contribution >= 4 is 15.9 Å². The Labute approximate surface area is 139 Å². The first-order chi connectivity index (χ1) is 10.9. The SMILES string of the molecule is CCC[C@@H](C)NC(=O)c1cccc(S(=O)(=O)N2CCCCC2)c1. The molecule has 0 unspecified atom stereocenters. The van der Waals surface area contributed by atoms with Crippen LogP contribution in [-0.2, 0) is 10.0 Å². The summed E-state index contributed by atoms with van der Waals surface area (Å²) in [6, 6.07) is 6.42. The predicted molar refractivity (Wildman–Crippen MR) is 90.9 cm³/mol. The molecule has 1 aliphatic heterocycles. The summed E-state index contributed by atoms with van der Waals surface area (Å²) >= 11 is 0. The summed E-state index contributed by atoms with van der Waals surface area (Å²) < 4.78 is 26.9. The molecule has 5 nitrogen and oxygen atoms in total. The molecule has 0 saturated carbocycles. The van der Waals surface area contributed by atoms with E-state index in [4.69, 9.17) is 0 Å². The monoisotopic (exact) mass is 338 g/mol. The zero-order valence-electron chi connectivity index (χ0n) is 13.9. The number of nitrogens with one attached hydrogen (secondary N) is 1. The molecule has 0 bridgehead atoms. The molecule has 1 fully saturated rings. The summed E-state index contributed by atoms with van der Waals surface area (Å²) in [7, 11) is -3.50. The second-order valence-corrected chi connectivity index (χ2v) is 8.09. The zero-order chi connectivity index (χ0) is 16.9. The van der Waals surface area contributed by atoms with Gasteiger partial charge in [0.1, 0.15) is 0 Å². The van der Waals surface area contributed by atoms with Gasteiger partial charge in [-0.05, 0) is 44.4 Å². The van der Waals surface area contributed by atoms with Gasteiger partial charge in [0.25, 0.3) is 5.91 Å². The van der Waals surface area contributed by atoms with E-state index in [0.29, 0.717) is 18.7 Å². The fourth-order valence-corrected chi connectivity index (χ4v) is 4.43. The number of carbonyl (C=O) groups excluding carboxylic acids is 1.